The first-order valence-corrected chi connectivity index (χ1v) is 12.0. The van der Waals surface area contributed by atoms with Crippen molar-refractivity contribution in [2.24, 2.45) is 29.6 Å². The molecule has 0 aromatic heterocycles. The summed E-state index contributed by atoms with van der Waals surface area (Å²) in [6, 6.07) is 14.1. The molecule has 7 heteroatoms. The van der Waals surface area contributed by atoms with Crippen molar-refractivity contribution in [1.29, 1.82) is 0 Å². The van der Waals surface area contributed by atoms with Gasteiger partial charge >= 0.3 is 5.97 Å². The van der Waals surface area contributed by atoms with E-state index in [4.69, 9.17) is 4.74 Å². The molecule has 2 saturated heterocycles. The van der Waals surface area contributed by atoms with Gasteiger partial charge in [0.2, 0.25) is 17.7 Å². The fourth-order valence-electron chi connectivity index (χ4n) is 6.49. The lowest BCUT2D eigenvalue weighted by atomic mass is 9.81. The first kappa shape index (κ1) is 21.1. The Bertz CT molecular complexity index is 1180. The Morgan fingerprint density at radius 3 is 2.21 bits per heavy atom. The van der Waals surface area contributed by atoms with E-state index < -0.39 is 11.9 Å². The van der Waals surface area contributed by atoms with Gasteiger partial charge < -0.3 is 9.64 Å². The van der Waals surface area contributed by atoms with Crippen molar-refractivity contribution in [3.63, 3.8) is 0 Å². The lowest BCUT2D eigenvalue weighted by Crippen LogP contribution is -2.32. The van der Waals surface area contributed by atoms with Crippen LogP contribution in [0.25, 0.3) is 0 Å². The summed E-state index contributed by atoms with van der Waals surface area (Å²) in [4.78, 5) is 54.3. The summed E-state index contributed by atoms with van der Waals surface area (Å²) in [5.74, 6) is -0.623. The van der Waals surface area contributed by atoms with Crippen molar-refractivity contribution in [3.05, 3.63) is 54.1 Å². The van der Waals surface area contributed by atoms with Gasteiger partial charge in [-0.25, -0.2) is 0 Å². The largest absolute Gasteiger partial charge is 0.426 e. The van der Waals surface area contributed by atoms with Gasteiger partial charge in [0.1, 0.15) is 5.75 Å². The minimum atomic E-state index is -0.552. The molecular weight excluding hydrogens is 432 g/mol. The van der Waals surface area contributed by atoms with Crippen LogP contribution in [0, 0.1) is 36.5 Å². The molecule has 34 heavy (non-hydrogen) atoms. The summed E-state index contributed by atoms with van der Waals surface area (Å²) >= 11 is 0. The van der Waals surface area contributed by atoms with Gasteiger partial charge in [0.15, 0.2) is 0 Å². The van der Waals surface area contributed by atoms with Gasteiger partial charge in [0.25, 0.3) is 0 Å². The third kappa shape index (κ3) is 3.17. The summed E-state index contributed by atoms with van der Waals surface area (Å²) < 4.78 is 5.54. The number of esters is 1. The Hall–Kier alpha value is -3.48. The van der Waals surface area contributed by atoms with Crippen molar-refractivity contribution in [2.75, 3.05) is 16.3 Å². The van der Waals surface area contributed by atoms with E-state index in [0.717, 1.165) is 30.5 Å². The van der Waals surface area contributed by atoms with E-state index in [-0.39, 0.29) is 42.5 Å². The van der Waals surface area contributed by atoms with Crippen molar-refractivity contribution < 1.29 is 23.9 Å². The van der Waals surface area contributed by atoms with Crippen LogP contribution in [-0.2, 0) is 19.2 Å². The highest BCUT2D eigenvalue weighted by Crippen LogP contribution is 2.56. The van der Waals surface area contributed by atoms with E-state index in [0.29, 0.717) is 23.3 Å². The van der Waals surface area contributed by atoms with Crippen LogP contribution in [0.3, 0.4) is 0 Å². The Labute approximate surface area is 197 Å². The monoisotopic (exact) mass is 458 g/mol. The van der Waals surface area contributed by atoms with Gasteiger partial charge in [0.05, 0.1) is 23.4 Å². The van der Waals surface area contributed by atoms with Crippen molar-refractivity contribution in [3.8, 4) is 5.75 Å². The Morgan fingerprint density at radius 2 is 1.56 bits per heavy atom. The van der Waals surface area contributed by atoms with Gasteiger partial charge in [-0.2, -0.15) is 0 Å². The molecule has 2 aromatic rings. The number of carbonyl (C=O) groups excluding carboxylic acids is 4. The van der Waals surface area contributed by atoms with Crippen molar-refractivity contribution in [1.82, 2.24) is 0 Å². The summed E-state index contributed by atoms with van der Waals surface area (Å²) in [6.45, 7) is 2.21. The number of nitrogens with zero attached hydrogens (tertiary/aromatic N) is 2. The predicted octanol–water partition coefficient (Wildman–Crippen LogP) is 3.49. The number of anilines is 2. The Morgan fingerprint density at radius 1 is 0.912 bits per heavy atom. The number of fused-ring (bicyclic) bond motifs is 5. The molecule has 174 valence electrons. The summed E-state index contributed by atoms with van der Waals surface area (Å²) in [5.41, 5.74) is 2.30. The number of hydrogen-bond donors (Lipinski definition) is 0. The zero-order valence-corrected chi connectivity index (χ0v) is 19.0. The molecule has 0 spiro atoms. The lowest BCUT2D eigenvalue weighted by molar-refractivity contribution is -0.139. The second kappa shape index (κ2) is 7.79. The highest BCUT2D eigenvalue weighted by Gasteiger charge is 2.61. The fourth-order valence-corrected chi connectivity index (χ4v) is 6.49. The zero-order valence-electron chi connectivity index (χ0n) is 19.0. The number of benzene rings is 2. The summed E-state index contributed by atoms with van der Waals surface area (Å²) in [5, 5.41) is 0. The number of hydrogen-bond acceptors (Lipinski definition) is 5. The summed E-state index contributed by atoms with van der Waals surface area (Å²) in [6.07, 6.45) is 3.19. The standard InChI is InChI=1S/C27H26N2O5/c1-15-4-2-3-5-21(15)28-14-18(13-22(28)30)27(33)34-20-10-8-19(9-11-20)29-25(31)23-16-6-7-17(12-16)24(23)26(29)32/h2-5,8-11,16-18,23-24H,6-7,12-14H2,1H3/t16-,17-,18+,23-,24-/m0/s1. The highest BCUT2D eigenvalue weighted by atomic mass is 16.5. The predicted molar refractivity (Wildman–Crippen MR) is 124 cm³/mol. The van der Waals surface area contributed by atoms with Crippen molar-refractivity contribution >= 4 is 35.1 Å². The lowest BCUT2D eigenvalue weighted by Gasteiger charge is -2.19. The molecule has 0 radical (unpaired) electrons. The minimum absolute atomic E-state index is 0.0901. The number of para-hydroxylation sites is 1. The third-order valence-electron chi connectivity index (χ3n) is 8.11. The van der Waals surface area contributed by atoms with E-state index in [9.17, 15) is 19.2 Å². The van der Waals surface area contributed by atoms with Crippen LogP contribution >= 0.6 is 0 Å². The molecule has 0 N–H and O–H groups in total. The molecule has 0 unspecified atom stereocenters. The number of imide groups is 1. The van der Waals surface area contributed by atoms with Crippen LogP contribution in [0.15, 0.2) is 48.5 Å². The van der Waals surface area contributed by atoms with E-state index in [1.165, 1.54) is 4.90 Å². The molecule has 2 saturated carbocycles. The first-order valence-electron chi connectivity index (χ1n) is 12.0. The molecule has 6 rings (SSSR count). The molecule has 2 bridgehead atoms. The van der Waals surface area contributed by atoms with Gasteiger partial charge in [-0.3, -0.25) is 24.1 Å². The smallest absolute Gasteiger partial charge is 0.316 e. The number of ether oxygens (including phenoxy) is 1. The molecule has 4 aliphatic rings. The number of carbonyl (C=O) groups is 4. The Kier molecular flexibility index (Phi) is 4.83. The van der Waals surface area contributed by atoms with Gasteiger partial charge in [-0.05, 0) is 73.9 Å². The average molecular weight is 459 g/mol. The maximum absolute atomic E-state index is 13.0. The molecular formula is C27H26N2O5. The molecule has 3 amide bonds. The second-order valence-electron chi connectivity index (χ2n) is 10.0. The van der Waals surface area contributed by atoms with Gasteiger partial charge in [-0.15, -0.1) is 0 Å². The molecule has 4 fully saturated rings. The van der Waals surface area contributed by atoms with Gasteiger partial charge in [-0.1, -0.05) is 18.2 Å². The van der Waals surface area contributed by atoms with E-state index in [1.54, 1.807) is 29.2 Å². The second-order valence-corrected chi connectivity index (χ2v) is 10.0. The fraction of sp³-hybridized carbons (Fsp3) is 0.407. The maximum atomic E-state index is 13.0. The maximum Gasteiger partial charge on any atom is 0.316 e. The van der Waals surface area contributed by atoms with E-state index in [1.807, 2.05) is 31.2 Å². The van der Waals surface area contributed by atoms with Crippen LogP contribution in [0.5, 0.6) is 5.75 Å². The quantitative estimate of drug-likeness (QED) is 0.398. The minimum Gasteiger partial charge on any atom is -0.426 e. The van der Waals surface area contributed by atoms with Crippen LogP contribution in [0.4, 0.5) is 11.4 Å². The molecule has 2 heterocycles. The molecule has 2 aliphatic heterocycles. The third-order valence-corrected chi connectivity index (χ3v) is 8.11. The van der Waals surface area contributed by atoms with Gasteiger partial charge in [0, 0.05) is 18.7 Å². The normalized spacial score (nSPS) is 29.8. The number of rotatable bonds is 4. The van der Waals surface area contributed by atoms with Crippen LogP contribution in [0.1, 0.15) is 31.2 Å². The van der Waals surface area contributed by atoms with Crippen LogP contribution in [-0.4, -0.2) is 30.2 Å². The zero-order chi connectivity index (χ0) is 23.6. The van der Waals surface area contributed by atoms with Crippen LogP contribution in [0.2, 0.25) is 0 Å². The number of amides is 3. The highest BCUT2D eigenvalue weighted by molar-refractivity contribution is 6.22. The van der Waals surface area contributed by atoms with Crippen molar-refractivity contribution in [2.45, 2.75) is 32.6 Å². The van der Waals surface area contributed by atoms with Crippen LogP contribution < -0.4 is 14.5 Å². The first-order chi connectivity index (χ1) is 16.4. The molecule has 7 nitrogen and oxygen atoms in total. The van der Waals surface area contributed by atoms with E-state index >= 15 is 0 Å². The average Bonchev–Trinajstić information content (AvgIpc) is 3.59. The molecule has 2 aromatic carbocycles. The van der Waals surface area contributed by atoms with E-state index in [2.05, 4.69) is 0 Å². The molecule has 5 atom stereocenters. The summed E-state index contributed by atoms with van der Waals surface area (Å²) in [7, 11) is 0. The topological polar surface area (TPSA) is 84.0 Å². The SMILES string of the molecule is Cc1ccccc1N1C[C@H](C(=O)Oc2ccc(N3C(=O)[C@H]4[C@H]5CC[C@@H](C5)[C@@H]4C3=O)cc2)CC1=O. The number of aryl methyl sites for hydroxylation is 1. The Balaban J connectivity index is 1.13. The molecule has 2 aliphatic carbocycles.